The zero-order valence-electron chi connectivity index (χ0n) is 16.7. The largest absolute Gasteiger partial charge is 0.419 e. The van der Waals surface area contributed by atoms with Crippen molar-refractivity contribution in [1.82, 2.24) is 10.3 Å². The molecule has 0 radical (unpaired) electrons. The maximum absolute atomic E-state index is 13.3. The molecular weight excluding hydrogens is 389 g/mol. The second kappa shape index (κ2) is 8.27. The molecule has 1 aliphatic carbocycles. The van der Waals surface area contributed by atoms with Crippen LogP contribution < -0.4 is 10.2 Å². The summed E-state index contributed by atoms with van der Waals surface area (Å²) in [7, 11) is 0. The summed E-state index contributed by atoms with van der Waals surface area (Å²) in [4.78, 5) is 5.73. The van der Waals surface area contributed by atoms with Crippen LogP contribution in [0.5, 0.6) is 0 Å². The summed E-state index contributed by atoms with van der Waals surface area (Å²) in [5.41, 5.74) is 0.427. The molecule has 30 heavy (non-hydrogen) atoms. The lowest BCUT2D eigenvalue weighted by Gasteiger charge is -2.42. The van der Waals surface area contributed by atoms with Gasteiger partial charge in [-0.1, -0.05) is 30.3 Å². The molecule has 4 nitrogen and oxygen atoms in total. The van der Waals surface area contributed by atoms with Crippen molar-refractivity contribution in [3.8, 4) is 6.07 Å². The Hall–Kier alpha value is -2.59. The summed E-state index contributed by atoms with van der Waals surface area (Å²) in [6.07, 6.45) is -0.189. The second-order valence-electron chi connectivity index (χ2n) is 8.43. The predicted octanol–water partition coefficient (Wildman–Crippen LogP) is 4.75. The highest BCUT2D eigenvalue weighted by Gasteiger charge is 2.42. The van der Waals surface area contributed by atoms with Crippen molar-refractivity contribution in [2.24, 2.45) is 5.41 Å². The van der Waals surface area contributed by atoms with Crippen LogP contribution >= 0.6 is 0 Å². The average Bonchev–Trinajstić information content (AvgIpc) is 3.53. The molecule has 2 aromatic rings. The Kier molecular flexibility index (Phi) is 5.70. The van der Waals surface area contributed by atoms with Gasteiger partial charge in [0.05, 0.1) is 11.6 Å². The van der Waals surface area contributed by atoms with Crippen LogP contribution in [0.3, 0.4) is 0 Å². The molecule has 2 atom stereocenters. The van der Waals surface area contributed by atoms with Crippen LogP contribution in [0.4, 0.5) is 19.0 Å². The number of hydrogen-bond donors (Lipinski definition) is 1. The zero-order valence-corrected chi connectivity index (χ0v) is 16.7. The van der Waals surface area contributed by atoms with Crippen molar-refractivity contribution < 1.29 is 13.2 Å². The summed E-state index contributed by atoms with van der Waals surface area (Å²) < 4.78 is 40.0. The summed E-state index contributed by atoms with van der Waals surface area (Å²) in [5.74, 6) is 0.503. The van der Waals surface area contributed by atoms with E-state index in [1.165, 1.54) is 17.8 Å². The first-order chi connectivity index (χ1) is 14.4. The fourth-order valence-corrected chi connectivity index (χ4v) is 4.48. The normalized spacial score (nSPS) is 23.1. The average molecular weight is 414 g/mol. The number of nitrogens with zero attached hydrogens (tertiary/aromatic N) is 3. The molecule has 1 aliphatic heterocycles. The van der Waals surface area contributed by atoms with Crippen molar-refractivity contribution in [3.63, 3.8) is 0 Å². The van der Waals surface area contributed by atoms with Gasteiger partial charge in [-0.3, -0.25) is 0 Å². The quantitative estimate of drug-likeness (QED) is 0.741. The number of hydrogen-bond acceptors (Lipinski definition) is 4. The van der Waals surface area contributed by atoms with E-state index in [0.717, 1.165) is 19.0 Å². The summed E-state index contributed by atoms with van der Waals surface area (Å²) in [6.45, 7) is 1.66. The van der Waals surface area contributed by atoms with E-state index < -0.39 is 11.7 Å². The van der Waals surface area contributed by atoms with E-state index in [0.29, 0.717) is 44.3 Å². The lowest BCUT2D eigenvalue weighted by atomic mass is 9.75. The molecule has 1 aromatic heterocycles. The van der Waals surface area contributed by atoms with Crippen molar-refractivity contribution >= 4 is 5.82 Å². The standard InChI is InChI=1S/C23H25F3N4/c24-23(25,26)19-7-4-12-28-21(19)30-13-9-22(8-11-27,10-14-30)16-29-20-15-18(20)17-5-2-1-3-6-17/h1-7,12,18,20,29H,8-10,13-16H2/t18-,20+/m0/s1. The van der Waals surface area contributed by atoms with Crippen LogP contribution in [0, 0.1) is 16.7 Å². The molecule has 1 saturated heterocycles. The van der Waals surface area contributed by atoms with Crippen LogP contribution in [0.15, 0.2) is 48.7 Å². The molecule has 4 rings (SSSR count). The SMILES string of the molecule is N#CCC1(CN[C@@H]2C[C@H]2c2ccccc2)CCN(c2ncccc2C(F)(F)F)CC1. The van der Waals surface area contributed by atoms with Gasteiger partial charge in [-0.15, -0.1) is 0 Å². The van der Waals surface area contributed by atoms with E-state index in [-0.39, 0.29) is 11.2 Å². The van der Waals surface area contributed by atoms with Gasteiger partial charge in [0.2, 0.25) is 0 Å². The molecule has 0 spiro atoms. The van der Waals surface area contributed by atoms with Gasteiger partial charge >= 0.3 is 6.18 Å². The number of alkyl halides is 3. The maximum atomic E-state index is 13.3. The molecule has 158 valence electrons. The molecule has 0 bridgehead atoms. The maximum Gasteiger partial charge on any atom is 0.419 e. The first kappa shape index (κ1) is 20.7. The minimum atomic E-state index is -4.43. The molecule has 7 heteroatoms. The minimum absolute atomic E-state index is 0.00477. The minimum Gasteiger partial charge on any atom is -0.356 e. The van der Waals surface area contributed by atoms with Gasteiger partial charge < -0.3 is 10.2 Å². The van der Waals surface area contributed by atoms with Crippen LogP contribution in [-0.4, -0.2) is 30.7 Å². The molecule has 0 unspecified atom stereocenters. The number of nitrogens with one attached hydrogen (secondary N) is 1. The number of halogens is 3. The molecule has 1 N–H and O–H groups in total. The smallest absolute Gasteiger partial charge is 0.356 e. The zero-order chi connectivity index (χ0) is 21.2. The Balaban J connectivity index is 1.38. The van der Waals surface area contributed by atoms with E-state index in [2.05, 4.69) is 28.5 Å². The third-order valence-corrected chi connectivity index (χ3v) is 6.43. The highest BCUT2D eigenvalue weighted by Crippen LogP contribution is 2.43. The van der Waals surface area contributed by atoms with Crippen molar-refractivity contribution in [2.45, 2.75) is 43.8 Å². The molecule has 2 aliphatic rings. The first-order valence-corrected chi connectivity index (χ1v) is 10.3. The monoisotopic (exact) mass is 414 g/mol. The van der Waals surface area contributed by atoms with Gasteiger partial charge in [-0.2, -0.15) is 18.4 Å². The Morgan fingerprint density at radius 3 is 2.53 bits per heavy atom. The summed E-state index contributed by atoms with van der Waals surface area (Å²) in [5, 5.41) is 13.0. The molecule has 1 saturated carbocycles. The van der Waals surface area contributed by atoms with Crippen LogP contribution in [0.25, 0.3) is 0 Å². The molecule has 1 aromatic carbocycles. The number of piperidine rings is 1. The number of pyridine rings is 1. The Labute approximate surface area is 174 Å². The molecule has 2 fully saturated rings. The van der Waals surface area contributed by atoms with E-state index in [4.69, 9.17) is 0 Å². The van der Waals surface area contributed by atoms with Gasteiger partial charge in [-0.25, -0.2) is 4.98 Å². The van der Waals surface area contributed by atoms with E-state index in [1.807, 2.05) is 18.2 Å². The summed E-state index contributed by atoms with van der Waals surface area (Å²) >= 11 is 0. The number of anilines is 1. The third-order valence-electron chi connectivity index (χ3n) is 6.43. The first-order valence-electron chi connectivity index (χ1n) is 10.3. The number of nitriles is 1. The second-order valence-corrected chi connectivity index (χ2v) is 8.43. The molecular formula is C23H25F3N4. The fourth-order valence-electron chi connectivity index (χ4n) is 4.48. The van der Waals surface area contributed by atoms with Gasteiger partial charge in [0.1, 0.15) is 5.82 Å². The lowest BCUT2D eigenvalue weighted by molar-refractivity contribution is -0.137. The van der Waals surface area contributed by atoms with E-state index in [1.54, 1.807) is 4.90 Å². The van der Waals surface area contributed by atoms with Gasteiger partial charge in [0.15, 0.2) is 0 Å². The van der Waals surface area contributed by atoms with E-state index >= 15 is 0 Å². The predicted molar refractivity (Wildman–Crippen MR) is 109 cm³/mol. The molecule has 2 heterocycles. The lowest BCUT2D eigenvalue weighted by Crippen LogP contribution is -2.46. The van der Waals surface area contributed by atoms with Crippen molar-refractivity contribution in [3.05, 3.63) is 59.8 Å². The fraction of sp³-hybridized carbons (Fsp3) is 0.478. The van der Waals surface area contributed by atoms with Gasteiger partial charge in [0.25, 0.3) is 0 Å². The highest BCUT2D eigenvalue weighted by molar-refractivity contribution is 5.48. The number of rotatable bonds is 6. The Morgan fingerprint density at radius 1 is 1.13 bits per heavy atom. The van der Waals surface area contributed by atoms with Gasteiger partial charge in [0, 0.05) is 44.2 Å². The molecule has 0 amide bonds. The Bertz CT molecular complexity index is 899. The van der Waals surface area contributed by atoms with Gasteiger partial charge in [-0.05, 0) is 42.4 Å². The number of benzene rings is 1. The van der Waals surface area contributed by atoms with E-state index in [9.17, 15) is 18.4 Å². The highest BCUT2D eigenvalue weighted by atomic mass is 19.4. The topological polar surface area (TPSA) is 52.0 Å². The Morgan fingerprint density at radius 2 is 1.87 bits per heavy atom. The van der Waals surface area contributed by atoms with Crippen molar-refractivity contribution in [1.29, 1.82) is 5.26 Å². The van der Waals surface area contributed by atoms with Crippen LogP contribution in [0.2, 0.25) is 0 Å². The summed E-state index contributed by atoms with van der Waals surface area (Å²) in [6, 6.07) is 15.5. The number of aromatic nitrogens is 1. The van der Waals surface area contributed by atoms with Crippen LogP contribution in [-0.2, 0) is 6.18 Å². The van der Waals surface area contributed by atoms with Crippen molar-refractivity contribution in [2.75, 3.05) is 24.5 Å². The van der Waals surface area contributed by atoms with Crippen LogP contribution in [0.1, 0.15) is 42.7 Å². The third kappa shape index (κ3) is 4.44.